The summed E-state index contributed by atoms with van der Waals surface area (Å²) < 4.78 is 11.2. The topological polar surface area (TPSA) is 69.2 Å². The molecular formula is C13H22N4O2. The normalized spacial score (nSPS) is 15.5. The molecular weight excluding hydrogens is 244 g/mol. The van der Waals surface area contributed by atoms with Crippen molar-refractivity contribution in [2.24, 2.45) is 0 Å². The van der Waals surface area contributed by atoms with E-state index < -0.39 is 0 Å². The average Bonchev–Trinajstić information content (AvgIpc) is 2.89. The molecule has 0 aliphatic heterocycles. The maximum Gasteiger partial charge on any atom is 0.324 e. The molecule has 1 aromatic heterocycles. The van der Waals surface area contributed by atoms with Gasteiger partial charge < -0.3 is 14.8 Å². The third kappa shape index (κ3) is 4.22. The summed E-state index contributed by atoms with van der Waals surface area (Å²) in [6, 6.07) is 0.688. The maximum atomic E-state index is 5.80. The Hall–Kier alpha value is -1.59. The van der Waals surface area contributed by atoms with E-state index in [0.717, 1.165) is 25.8 Å². The smallest absolute Gasteiger partial charge is 0.324 e. The van der Waals surface area contributed by atoms with Crippen molar-refractivity contribution in [1.82, 2.24) is 15.0 Å². The first-order valence-electron chi connectivity index (χ1n) is 7.11. The van der Waals surface area contributed by atoms with Gasteiger partial charge in [0.15, 0.2) is 0 Å². The molecule has 1 saturated carbocycles. The number of hydrogen-bond acceptors (Lipinski definition) is 6. The molecule has 0 atom stereocenters. The fourth-order valence-corrected chi connectivity index (χ4v) is 2.06. The van der Waals surface area contributed by atoms with Gasteiger partial charge >= 0.3 is 12.0 Å². The number of hydrogen-bond donors (Lipinski definition) is 1. The van der Waals surface area contributed by atoms with Crippen molar-refractivity contribution >= 4 is 5.95 Å². The van der Waals surface area contributed by atoms with Gasteiger partial charge in [0.1, 0.15) is 6.10 Å². The van der Waals surface area contributed by atoms with Crippen LogP contribution in [-0.2, 0) is 0 Å². The Kier molecular flexibility index (Phi) is 5.18. The molecule has 0 radical (unpaired) electrons. The summed E-state index contributed by atoms with van der Waals surface area (Å²) in [5.74, 6) is 0.522. The van der Waals surface area contributed by atoms with Gasteiger partial charge in [-0.25, -0.2) is 0 Å². The number of aromatic nitrogens is 3. The summed E-state index contributed by atoms with van der Waals surface area (Å²) in [5, 5.41) is 3.14. The molecule has 1 aromatic rings. The Labute approximate surface area is 114 Å². The molecule has 1 aliphatic rings. The standard InChI is InChI=1S/C13H22N4O2/c1-3-9-14-11-15-12(18-4-2)17-13(16-11)19-10-7-5-6-8-10/h10H,3-9H2,1-2H3,(H,14,15,16,17). The molecule has 1 aliphatic carbocycles. The first-order chi connectivity index (χ1) is 9.31. The Morgan fingerprint density at radius 3 is 2.53 bits per heavy atom. The summed E-state index contributed by atoms with van der Waals surface area (Å²) in [5.41, 5.74) is 0. The molecule has 2 rings (SSSR count). The number of nitrogens with one attached hydrogen (secondary N) is 1. The first-order valence-corrected chi connectivity index (χ1v) is 7.11. The number of rotatable bonds is 7. The highest BCUT2D eigenvalue weighted by molar-refractivity contribution is 5.27. The molecule has 0 saturated heterocycles. The zero-order valence-corrected chi connectivity index (χ0v) is 11.7. The number of anilines is 1. The molecule has 1 fully saturated rings. The molecule has 0 bridgehead atoms. The van der Waals surface area contributed by atoms with Gasteiger partial charge in [0, 0.05) is 6.54 Å². The van der Waals surface area contributed by atoms with Gasteiger partial charge in [-0.2, -0.15) is 9.97 Å². The highest BCUT2D eigenvalue weighted by Crippen LogP contribution is 2.23. The largest absolute Gasteiger partial charge is 0.464 e. The fraction of sp³-hybridized carbons (Fsp3) is 0.769. The summed E-state index contributed by atoms with van der Waals surface area (Å²) in [4.78, 5) is 12.7. The lowest BCUT2D eigenvalue weighted by Gasteiger charge is -2.13. The van der Waals surface area contributed by atoms with Gasteiger partial charge in [0.05, 0.1) is 6.61 Å². The maximum absolute atomic E-state index is 5.80. The Balaban J connectivity index is 2.07. The molecule has 106 valence electrons. The van der Waals surface area contributed by atoms with Crippen LogP contribution in [0.15, 0.2) is 0 Å². The number of ether oxygens (including phenoxy) is 2. The summed E-state index contributed by atoms with van der Waals surface area (Å²) >= 11 is 0. The zero-order chi connectivity index (χ0) is 13.5. The van der Waals surface area contributed by atoms with Gasteiger partial charge in [-0.15, -0.1) is 4.98 Å². The van der Waals surface area contributed by atoms with Crippen molar-refractivity contribution in [3.05, 3.63) is 0 Å². The quantitative estimate of drug-likeness (QED) is 0.817. The zero-order valence-electron chi connectivity index (χ0n) is 11.7. The van der Waals surface area contributed by atoms with Gasteiger partial charge in [-0.05, 0) is 39.0 Å². The van der Waals surface area contributed by atoms with Crippen LogP contribution >= 0.6 is 0 Å². The fourth-order valence-electron chi connectivity index (χ4n) is 2.06. The van der Waals surface area contributed by atoms with Gasteiger partial charge in [0.25, 0.3) is 0 Å². The Bertz CT molecular complexity index is 394. The van der Waals surface area contributed by atoms with Crippen LogP contribution in [0.2, 0.25) is 0 Å². The van der Waals surface area contributed by atoms with Crippen LogP contribution in [0, 0.1) is 0 Å². The third-order valence-corrected chi connectivity index (χ3v) is 2.98. The molecule has 19 heavy (non-hydrogen) atoms. The van der Waals surface area contributed by atoms with Gasteiger partial charge in [0.2, 0.25) is 5.95 Å². The molecule has 0 unspecified atom stereocenters. The lowest BCUT2D eigenvalue weighted by Crippen LogP contribution is -2.15. The summed E-state index contributed by atoms with van der Waals surface area (Å²) in [6.07, 6.45) is 5.83. The summed E-state index contributed by atoms with van der Waals surface area (Å²) in [6.45, 7) is 5.34. The van der Waals surface area contributed by atoms with Crippen molar-refractivity contribution in [3.63, 3.8) is 0 Å². The van der Waals surface area contributed by atoms with Crippen molar-refractivity contribution in [3.8, 4) is 12.0 Å². The van der Waals surface area contributed by atoms with Crippen molar-refractivity contribution < 1.29 is 9.47 Å². The minimum absolute atomic E-state index is 0.232. The molecule has 0 aromatic carbocycles. The van der Waals surface area contributed by atoms with E-state index in [-0.39, 0.29) is 6.10 Å². The van der Waals surface area contributed by atoms with E-state index in [1.807, 2.05) is 6.92 Å². The van der Waals surface area contributed by atoms with Crippen LogP contribution in [0.3, 0.4) is 0 Å². The van der Waals surface area contributed by atoms with Crippen LogP contribution in [0.5, 0.6) is 12.0 Å². The number of nitrogens with zero attached hydrogens (tertiary/aromatic N) is 3. The Morgan fingerprint density at radius 1 is 1.11 bits per heavy atom. The third-order valence-electron chi connectivity index (χ3n) is 2.98. The van der Waals surface area contributed by atoms with E-state index in [4.69, 9.17) is 9.47 Å². The summed E-state index contributed by atoms with van der Waals surface area (Å²) in [7, 11) is 0. The van der Waals surface area contributed by atoms with E-state index >= 15 is 0 Å². The predicted molar refractivity (Wildman–Crippen MR) is 72.7 cm³/mol. The van der Waals surface area contributed by atoms with Crippen LogP contribution in [0.4, 0.5) is 5.95 Å². The minimum atomic E-state index is 0.232. The van der Waals surface area contributed by atoms with E-state index in [2.05, 4.69) is 27.2 Å². The minimum Gasteiger partial charge on any atom is -0.464 e. The monoisotopic (exact) mass is 266 g/mol. The highest BCUT2D eigenvalue weighted by atomic mass is 16.5. The molecule has 1 heterocycles. The van der Waals surface area contributed by atoms with Crippen molar-refractivity contribution in [1.29, 1.82) is 0 Å². The molecule has 0 amide bonds. The molecule has 6 heteroatoms. The molecule has 6 nitrogen and oxygen atoms in total. The second-order valence-electron chi connectivity index (χ2n) is 4.61. The SMILES string of the molecule is CCCNc1nc(OCC)nc(OC2CCCC2)n1. The Morgan fingerprint density at radius 2 is 1.84 bits per heavy atom. The van der Waals surface area contributed by atoms with E-state index in [1.54, 1.807) is 0 Å². The lowest BCUT2D eigenvalue weighted by molar-refractivity contribution is 0.187. The van der Waals surface area contributed by atoms with Crippen molar-refractivity contribution in [2.45, 2.75) is 52.1 Å². The van der Waals surface area contributed by atoms with Crippen LogP contribution in [0.1, 0.15) is 46.0 Å². The lowest BCUT2D eigenvalue weighted by atomic mass is 10.3. The second kappa shape index (κ2) is 7.11. The highest BCUT2D eigenvalue weighted by Gasteiger charge is 2.19. The molecule has 1 N–H and O–H groups in total. The molecule has 0 spiro atoms. The van der Waals surface area contributed by atoms with E-state index in [1.165, 1.54) is 12.8 Å². The first kappa shape index (κ1) is 13.8. The van der Waals surface area contributed by atoms with Gasteiger partial charge in [-0.3, -0.25) is 0 Å². The van der Waals surface area contributed by atoms with Crippen LogP contribution in [-0.4, -0.2) is 34.2 Å². The van der Waals surface area contributed by atoms with E-state index in [9.17, 15) is 0 Å². The van der Waals surface area contributed by atoms with Crippen molar-refractivity contribution in [2.75, 3.05) is 18.5 Å². The van der Waals surface area contributed by atoms with Crippen LogP contribution < -0.4 is 14.8 Å². The van der Waals surface area contributed by atoms with Gasteiger partial charge in [-0.1, -0.05) is 6.92 Å². The van der Waals surface area contributed by atoms with Crippen LogP contribution in [0.25, 0.3) is 0 Å². The average molecular weight is 266 g/mol. The second-order valence-corrected chi connectivity index (χ2v) is 4.61. The predicted octanol–water partition coefficient (Wildman–Crippen LogP) is 2.41. The van der Waals surface area contributed by atoms with E-state index in [0.29, 0.717) is 24.6 Å².